The number of rotatable bonds is 10. The van der Waals surface area contributed by atoms with Gasteiger partial charge in [-0.1, -0.05) is 68.2 Å². The van der Waals surface area contributed by atoms with E-state index in [1.807, 2.05) is 27.7 Å². The monoisotopic (exact) mass is 342 g/mol. The summed E-state index contributed by atoms with van der Waals surface area (Å²) in [6.07, 6.45) is 4.10. The molecule has 0 aliphatic rings. The van der Waals surface area contributed by atoms with Gasteiger partial charge in [0, 0.05) is 24.9 Å². The predicted octanol–water partition coefficient (Wildman–Crippen LogP) is 4.39. The molecule has 0 aliphatic carbocycles. The maximum Gasteiger partial charge on any atom is 0.222 e. The quantitative estimate of drug-likeness (QED) is 0.618. The van der Waals surface area contributed by atoms with Gasteiger partial charge in [0.15, 0.2) is 0 Å². The average molecular weight is 343 g/mol. The lowest BCUT2D eigenvalue weighted by molar-refractivity contribution is -0.125. The van der Waals surface area contributed by atoms with Crippen molar-refractivity contribution in [1.82, 2.24) is 10.6 Å². The third-order valence-electron chi connectivity index (χ3n) is 4.76. The molecular formula is C20H42N2O2. The van der Waals surface area contributed by atoms with Gasteiger partial charge in [0.25, 0.3) is 0 Å². The predicted molar refractivity (Wildman–Crippen MR) is 104 cm³/mol. The zero-order valence-corrected chi connectivity index (χ0v) is 17.4. The molecule has 24 heavy (non-hydrogen) atoms. The molecule has 0 bridgehead atoms. The Morgan fingerprint density at radius 3 is 1.12 bits per heavy atom. The Bertz CT molecular complexity index is 300. The van der Waals surface area contributed by atoms with Crippen molar-refractivity contribution in [3.8, 4) is 0 Å². The van der Waals surface area contributed by atoms with Gasteiger partial charge >= 0.3 is 0 Å². The van der Waals surface area contributed by atoms with E-state index in [0.29, 0.717) is 11.8 Å². The summed E-state index contributed by atoms with van der Waals surface area (Å²) in [5.41, 5.74) is 0. The first-order valence-corrected chi connectivity index (χ1v) is 9.78. The second-order valence-electron chi connectivity index (χ2n) is 7.14. The number of amides is 2. The maximum absolute atomic E-state index is 11.3. The minimum atomic E-state index is 0.161. The van der Waals surface area contributed by atoms with E-state index >= 15 is 0 Å². The van der Waals surface area contributed by atoms with Gasteiger partial charge in [0.1, 0.15) is 0 Å². The van der Waals surface area contributed by atoms with Gasteiger partial charge in [0.05, 0.1) is 0 Å². The van der Waals surface area contributed by atoms with Gasteiger partial charge in [-0.25, -0.2) is 0 Å². The lowest BCUT2D eigenvalue weighted by Crippen LogP contribution is -2.32. The maximum atomic E-state index is 11.3. The van der Waals surface area contributed by atoms with Crippen LogP contribution in [0.1, 0.15) is 81.1 Å². The van der Waals surface area contributed by atoms with Gasteiger partial charge in [-0.3, -0.25) is 9.59 Å². The second kappa shape index (κ2) is 15.5. The van der Waals surface area contributed by atoms with Gasteiger partial charge in [-0.15, -0.1) is 0 Å². The van der Waals surface area contributed by atoms with E-state index in [2.05, 4.69) is 38.3 Å². The molecule has 0 heterocycles. The summed E-state index contributed by atoms with van der Waals surface area (Å²) >= 11 is 0. The van der Waals surface area contributed by atoms with Crippen molar-refractivity contribution >= 4 is 11.8 Å². The second-order valence-corrected chi connectivity index (χ2v) is 7.14. The molecule has 144 valence electrons. The first-order chi connectivity index (χ1) is 11.2. The summed E-state index contributed by atoms with van der Waals surface area (Å²) in [6.45, 7) is 18.2. The molecule has 4 heteroatoms. The standard InChI is InChI=1S/2C10H21NO/c2*1-5-8(3)7-11-10(12)9(4)6-2/h2*8-9H,5-7H2,1-4H3,(H,11,12)/t8-,9+;8-,9-/m10/s1. The summed E-state index contributed by atoms with van der Waals surface area (Å²) in [5, 5.41) is 5.89. The van der Waals surface area contributed by atoms with E-state index in [0.717, 1.165) is 38.8 Å². The normalized spacial score (nSPS) is 15.3. The zero-order valence-electron chi connectivity index (χ0n) is 17.4. The molecule has 0 aromatic heterocycles. The summed E-state index contributed by atoms with van der Waals surface area (Å²) in [6, 6.07) is 0. The van der Waals surface area contributed by atoms with Crippen LogP contribution < -0.4 is 10.6 Å². The first kappa shape index (κ1) is 25.2. The highest BCUT2D eigenvalue weighted by Gasteiger charge is 2.11. The van der Waals surface area contributed by atoms with Crippen LogP contribution in [0.4, 0.5) is 0 Å². The van der Waals surface area contributed by atoms with Crippen LogP contribution in [-0.4, -0.2) is 24.9 Å². The van der Waals surface area contributed by atoms with Crippen molar-refractivity contribution < 1.29 is 9.59 Å². The number of carbonyl (C=O) groups excluding carboxylic acids is 2. The topological polar surface area (TPSA) is 58.2 Å². The molecule has 4 nitrogen and oxygen atoms in total. The van der Waals surface area contributed by atoms with Gasteiger partial charge in [-0.05, 0) is 24.7 Å². The van der Waals surface area contributed by atoms with E-state index in [4.69, 9.17) is 0 Å². The van der Waals surface area contributed by atoms with Crippen LogP contribution in [0.25, 0.3) is 0 Å². The summed E-state index contributed by atoms with van der Waals surface area (Å²) in [4.78, 5) is 22.6. The summed E-state index contributed by atoms with van der Waals surface area (Å²) in [7, 11) is 0. The number of carbonyl (C=O) groups is 2. The van der Waals surface area contributed by atoms with Crippen molar-refractivity contribution in [2.24, 2.45) is 23.7 Å². The molecule has 0 rings (SSSR count). The van der Waals surface area contributed by atoms with Crippen LogP contribution in [0.15, 0.2) is 0 Å². The van der Waals surface area contributed by atoms with Crippen LogP contribution in [0.5, 0.6) is 0 Å². The lowest BCUT2D eigenvalue weighted by atomic mass is 10.1. The van der Waals surface area contributed by atoms with E-state index in [-0.39, 0.29) is 23.7 Å². The van der Waals surface area contributed by atoms with E-state index in [1.165, 1.54) is 0 Å². The van der Waals surface area contributed by atoms with Gasteiger partial charge in [-0.2, -0.15) is 0 Å². The van der Waals surface area contributed by atoms with Crippen LogP contribution >= 0.6 is 0 Å². The van der Waals surface area contributed by atoms with E-state index < -0.39 is 0 Å². The van der Waals surface area contributed by atoms with E-state index in [1.54, 1.807) is 0 Å². The molecule has 0 aliphatic heterocycles. The lowest BCUT2D eigenvalue weighted by Gasteiger charge is -2.13. The minimum absolute atomic E-state index is 0.161. The molecule has 2 N–H and O–H groups in total. The molecule has 0 saturated carbocycles. The third kappa shape index (κ3) is 13.4. The molecular weight excluding hydrogens is 300 g/mol. The summed E-state index contributed by atoms with van der Waals surface area (Å²) in [5.74, 6) is 1.90. The Hall–Kier alpha value is -1.06. The fourth-order valence-electron chi connectivity index (χ4n) is 1.56. The molecule has 0 saturated heterocycles. The van der Waals surface area contributed by atoms with Crippen molar-refractivity contribution in [1.29, 1.82) is 0 Å². The molecule has 0 unspecified atom stereocenters. The van der Waals surface area contributed by atoms with E-state index in [9.17, 15) is 9.59 Å². The van der Waals surface area contributed by atoms with Crippen molar-refractivity contribution in [3.63, 3.8) is 0 Å². The highest BCUT2D eigenvalue weighted by atomic mass is 16.2. The molecule has 4 atom stereocenters. The Morgan fingerprint density at radius 1 is 0.625 bits per heavy atom. The Balaban J connectivity index is 0. The van der Waals surface area contributed by atoms with Crippen LogP contribution in [0.2, 0.25) is 0 Å². The highest BCUT2D eigenvalue weighted by Crippen LogP contribution is 2.03. The Morgan fingerprint density at radius 2 is 0.917 bits per heavy atom. The van der Waals surface area contributed by atoms with Crippen LogP contribution in [0.3, 0.4) is 0 Å². The molecule has 0 aromatic rings. The van der Waals surface area contributed by atoms with Crippen LogP contribution in [-0.2, 0) is 9.59 Å². The number of hydrogen-bond acceptors (Lipinski definition) is 2. The average Bonchev–Trinajstić information content (AvgIpc) is 2.62. The zero-order chi connectivity index (χ0) is 19.1. The fourth-order valence-corrected chi connectivity index (χ4v) is 1.56. The van der Waals surface area contributed by atoms with Crippen molar-refractivity contribution in [3.05, 3.63) is 0 Å². The molecule has 0 radical (unpaired) electrons. The van der Waals surface area contributed by atoms with Crippen molar-refractivity contribution in [2.45, 2.75) is 81.1 Å². The Labute approximate surface area is 150 Å². The summed E-state index contributed by atoms with van der Waals surface area (Å²) < 4.78 is 0. The SMILES string of the molecule is CC[C@@H](C)CNC(=O)[C@@H](C)CC.CC[C@H](C)CNC(=O)[C@@H](C)CC. The van der Waals surface area contributed by atoms with Crippen LogP contribution in [0, 0.1) is 23.7 Å². The highest BCUT2D eigenvalue weighted by molar-refractivity contribution is 5.78. The molecule has 2 amide bonds. The molecule has 0 fully saturated rings. The first-order valence-electron chi connectivity index (χ1n) is 9.78. The molecule has 0 spiro atoms. The molecule has 0 aromatic carbocycles. The fraction of sp³-hybridized carbons (Fsp3) is 0.900. The Kier molecular flexibility index (Phi) is 16.2. The number of nitrogens with one attached hydrogen (secondary N) is 2. The third-order valence-corrected chi connectivity index (χ3v) is 4.76. The van der Waals surface area contributed by atoms with Gasteiger partial charge in [0.2, 0.25) is 11.8 Å². The number of hydrogen-bond donors (Lipinski definition) is 2. The largest absolute Gasteiger partial charge is 0.356 e. The van der Waals surface area contributed by atoms with Crippen molar-refractivity contribution in [2.75, 3.05) is 13.1 Å². The smallest absolute Gasteiger partial charge is 0.222 e. The minimum Gasteiger partial charge on any atom is -0.356 e. The van der Waals surface area contributed by atoms with Gasteiger partial charge < -0.3 is 10.6 Å².